The van der Waals surface area contributed by atoms with Gasteiger partial charge < -0.3 is 14.8 Å². The van der Waals surface area contributed by atoms with Crippen molar-refractivity contribution >= 4 is 5.91 Å². The second kappa shape index (κ2) is 10.5. The van der Waals surface area contributed by atoms with Crippen molar-refractivity contribution in [3.8, 4) is 11.5 Å². The number of hydrogen-bond acceptors (Lipinski definition) is 4. The highest BCUT2D eigenvalue weighted by Crippen LogP contribution is 2.36. The average molecular weight is 445 g/mol. The Kier molecular flexibility index (Phi) is 7.30. The van der Waals surface area contributed by atoms with Gasteiger partial charge in [-0.15, -0.1) is 0 Å². The predicted octanol–water partition coefficient (Wildman–Crippen LogP) is 4.46. The number of nitrogens with one attached hydrogen (secondary N) is 1. The first kappa shape index (κ1) is 22.9. The number of hydrogen-bond donors (Lipinski definition) is 1. The quantitative estimate of drug-likeness (QED) is 0.530. The van der Waals surface area contributed by atoms with E-state index >= 15 is 0 Å². The molecule has 5 heteroatoms. The topological polar surface area (TPSA) is 50.8 Å². The van der Waals surface area contributed by atoms with E-state index in [4.69, 9.17) is 9.47 Å². The van der Waals surface area contributed by atoms with Gasteiger partial charge in [0.15, 0.2) is 0 Å². The molecule has 1 saturated heterocycles. The summed E-state index contributed by atoms with van der Waals surface area (Å²) in [4.78, 5) is 16.0. The molecule has 33 heavy (non-hydrogen) atoms. The number of carbonyl (C=O) groups is 1. The number of ether oxygens (including phenoxy) is 2. The van der Waals surface area contributed by atoms with E-state index in [-0.39, 0.29) is 5.91 Å². The molecule has 5 nitrogen and oxygen atoms in total. The molecule has 1 atom stereocenters. The minimum Gasteiger partial charge on any atom is -0.497 e. The molecule has 0 aromatic heterocycles. The fraction of sp³-hybridized carbons (Fsp3) is 0.321. The van der Waals surface area contributed by atoms with Crippen LogP contribution in [0.3, 0.4) is 0 Å². The van der Waals surface area contributed by atoms with Gasteiger partial charge in [-0.2, -0.15) is 0 Å². The molecular formula is C28H32N2O3. The van der Waals surface area contributed by atoms with E-state index in [9.17, 15) is 4.79 Å². The van der Waals surface area contributed by atoms with E-state index in [0.29, 0.717) is 18.0 Å². The molecule has 4 rings (SSSR count). The van der Waals surface area contributed by atoms with E-state index in [2.05, 4.69) is 46.6 Å². The highest BCUT2D eigenvalue weighted by Gasteiger charge is 2.44. The first-order chi connectivity index (χ1) is 16.1. The Morgan fingerprint density at radius 3 is 2.09 bits per heavy atom. The van der Waals surface area contributed by atoms with Crippen LogP contribution in [0.2, 0.25) is 0 Å². The Balaban J connectivity index is 1.50. The van der Waals surface area contributed by atoms with E-state index in [1.165, 1.54) is 11.1 Å². The zero-order valence-electron chi connectivity index (χ0n) is 19.4. The maximum Gasteiger partial charge on any atom is 0.228 e. The van der Waals surface area contributed by atoms with Crippen LogP contribution in [0.4, 0.5) is 0 Å². The van der Waals surface area contributed by atoms with Gasteiger partial charge >= 0.3 is 0 Å². The molecule has 3 aromatic rings. The fourth-order valence-corrected chi connectivity index (χ4v) is 4.67. The van der Waals surface area contributed by atoms with Crippen molar-refractivity contribution in [3.63, 3.8) is 0 Å². The lowest BCUT2D eigenvalue weighted by Gasteiger charge is -2.29. The van der Waals surface area contributed by atoms with Crippen LogP contribution in [0.5, 0.6) is 11.5 Å². The van der Waals surface area contributed by atoms with Gasteiger partial charge in [0, 0.05) is 25.7 Å². The van der Waals surface area contributed by atoms with Crippen LogP contribution in [0.15, 0.2) is 78.9 Å². The van der Waals surface area contributed by atoms with Gasteiger partial charge in [0.1, 0.15) is 11.5 Å². The van der Waals surface area contributed by atoms with Gasteiger partial charge in [-0.1, -0.05) is 60.7 Å². The third-order valence-corrected chi connectivity index (χ3v) is 6.41. The van der Waals surface area contributed by atoms with Crippen LogP contribution in [0.1, 0.15) is 23.1 Å². The van der Waals surface area contributed by atoms with Crippen LogP contribution in [0, 0.1) is 5.41 Å². The molecule has 1 fully saturated rings. The lowest BCUT2D eigenvalue weighted by Crippen LogP contribution is -2.44. The molecule has 1 N–H and O–H groups in total. The predicted molar refractivity (Wildman–Crippen MR) is 130 cm³/mol. The second-order valence-corrected chi connectivity index (χ2v) is 8.79. The molecule has 1 heterocycles. The van der Waals surface area contributed by atoms with Crippen LogP contribution < -0.4 is 14.8 Å². The van der Waals surface area contributed by atoms with E-state index < -0.39 is 5.41 Å². The average Bonchev–Trinajstić information content (AvgIpc) is 3.26. The Morgan fingerprint density at radius 2 is 1.48 bits per heavy atom. The summed E-state index contributed by atoms with van der Waals surface area (Å²) in [5.74, 6) is 1.53. The zero-order chi connectivity index (χ0) is 23.1. The molecule has 1 unspecified atom stereocenters. The van der Waals surface area contributed by atoms with Crippen molar-refractivity contribution in [2.75, 3.05) is 27.3 Å². The monoisotopic (exact) mass is 444 g/mol. The van der Waals surface area contributed by atoms with Crippen LogP contribution in [0.25, 0.3) is 0 Å². The van der Waals surface area contributed by atoms with E-state index in [1.54, 1.807) is 14.2 Å². The van der Waals surface area contributed by atoms with Gasteiger partial charge in [-0.3, -0.25) is 9.69 Å². The lowest BCUT2D eigenvalue weighted by molar-refractivity contribution is -0.130. The largest absolute Gasteiger partial charge is 0.497 e. The number of rotatable bonds is 9. The van der Waals surface area contributed by atoms with Crippen molar-refractivity contribution in [2.24, 2.45) is 5.41 Å². The van der Waals surface area contributed by atoms with E-state index in [1.807, 2.05) is 42.5 Å². The molecule has 1 aliphatic rings. The minimum absolute atomic E-state index is 0.101. The van der Waals surface area contributed by atoms with Crippen LogP contribution in [-0.2, 0) is 24.3 Å². The Morgan fingerprint density at radius 1 is 0.879 bits per heavy atom. The number of amides is 1. The maximum atomic E-state index is 13.7. The summed E-state index contributed by atoms with van der Waals surface area (Å²) in [6, 6.07) is 26.5. The van der Waals surface area contributed by atoms with Gasteiger partial charge in [-0.25, -0.2) is 0 Å². The second-order valence-electron chi connectivity index (χ2n) is 8.79. The number of methoxy groups -OCH3 is 2. The number of nitrogens with zero attached hydrogens (tertiary/aromatic N) is 1. The normalized spacial score (nSPS) is 18.1. The third kappa shape index (κ3) is 5.74. The lowest BCUT2D eigenvalue weighted by atomic mass is 9.79. The molecule has 1 amide bonds. The van der Waals surface area contributed by atoms with Gasteiger partial charge in [-0.05, 0) is 48.2 Å². The molecule has 0 bridgehead atoms. The van der Waals surface area contributed by atoms with Gasteiger partial charge in [0.05, 0.1) is 19.6 Å². The summed E-state index contributed by atoms with van der Waals surface area (Å²) >= 11 is 0. The first-order valence-electron chi connectivity index (χ1n) is 11.4. The van der Waals surface area contributed by atoms with Crippen molar-refractivity contribution < 1.29 is 14.3 Å². The van der Waals surface area contributed by atoms with Crippen molar-refractivity contribution in [3.05, 3.63) is 95.6 Å². The summed E-state index contributed by atoms with van der Waals surface area (Å²) in [7, 11) is 3.26. The number of carbonyl (C=O) groups excluding carboxylic acids is 1. The molecule has 0 aliphatic carbocycles. The number of likely N-dealkylation sites (tertiary alicyclic amines) is 1. The minimum atomic E-state index is -0.459. The highest BCUT2D eigenvalue weighted by atomic mass is 16.5. The summed E-state index contributed by atoms with van der Waals surface area (Å²) in [5.41, 5.74) is 2.96. The maximum absolute atomic E-state index is 13.7. The molecular weight excluding hydrogens is 412 g/mol. The first-order valence-corrected chi connectivity index (χ1v) is 11.4. The summed E-state index contributed by atoms with van der Waals surface area (Å²) in [5, 5.41) is 3.21. The summed E-state index contributed by atoms with van der Waals surface area (Å²) < 4.78 is 10.7. The highest BCUT2D eigenvalue weighted by molar-refractivity contribution is 5.83. The zero-order valence-corrected chi connectivity index (χ0v) is 19.4. The molecule has 172 valence electrons. The Labute approximate surface area is 196 Å². The van der Waals surface area contributed by atoms with Crippen LogP contribution >= 0.6 is 0 Å². The van der Waals surface area contributed by atoms with Gasteiger partial charge in [0.25, 0.3) is 0 Å². The fourth-order valence-electron chi connectivity index (χ4n) is 4.67. The van der Waals surface area contributed by atoms with Crippen molar-refractivity contribution in [1.82, 2.24) is 10.2 Å². The SMILES string of the molecule is COc1cc(CNC(=O)C2(Cc3ccccc3)CCN(Cc3ccccc3)C2)cc(OC)c1. The van der Waals surface area contributed by atoms with Crippen molar-refractivity contribution in [1.29, 1.82) is 0 Å². The van der Waals surface area contributed by atoms with Crippen molar-refractivity contribution in [2.45, 2.75) is 25.9 Å². The molecule has 0 spiro atoms. The standard InChI is InChI=1S/C28H32N2O3/c1-32-25-15-24(16-26(17-25)33-2)19-29-27(31)28(18-22-9-5-3-6-10-22)13-14-30(21-28)20-23-11-7-4-8-12-23/h3-12,15-17H,13-14,18-21H2,1-2H3,(H,29,31). The Hall–Kier alpha value is -3.31. The van der Waals surface area contributed by atoms with E-state index in [0.717, 1.165) is 38.0 Å². The molecule has 3 aromatic carbocycles. The van der Waals surface area contributed by atoms with Gasteiger partial charge in [0.2, 0.25) is 5.91 Å². The summed E-state index contributed by atoms with van der Waals surface area (Å²) in [6.07, 6.45) is 1.56. The molecule has 0 saturated carbocycles. The third-order valence-electron chi connectivity index (χ3n) is 6.41. The molecule has 0 radical (unpaired) electrons. The molecule has 1 aliphatic heterocycles. The number of benzene rings is 3. The smallest absolute Gasteiger partial charge is 0.228 e. The van der Waals surface area contributed by atoms with Crippen LogP contribution in [-0.4, -0.2) is 38.1 Å². The summed E-state index contributed by atoms with van der Waals surface area (Å²) in [6.45, 7) is 2.94. The Bertz CT molecular complexity index is 1030.